The van der Waals surface area contributed by atoms with E-state index in [1.54, 1.807) is 6.07 Å². The summed E-state index contributed by atoms with van der Waals surface area (Å²) in [6.45, 7) is 5.45. The molecule has 1 aliphatic heterocycles. The monoisotopic (exact) mass is 272 g/mol. The van der Waals surface area contributed by atoms with Gasteiger partial charge in [0.15, 0.2) is 5.76 Å². The van der Waals surface area contributed by atoms with E-state index in [9.17, 15) is 4.79 Å². The second kappa shape index (κ2) is 6.25. The number of hydrogen-bond donors (Lipinski definition) is 1. The number of likely N-dealkylation sites (tertiary alicyclic amines) is 1. The fourth-order valence-corrected chi connectivity index (χ4v) is 2.33. The van der Waals surface area contributed by atoms with E-state index < -0.39 is 0 Å². The number of carbonyl (C=O) groups is 1. The molecule has 1 aromatic heterocycles. The van der Waals surface area contributed by atoms with Crippen LogP contribution >= 0.6 is 12.4 Å². The van der Waals surface area contributed by atoms with Crippen LogP contribution in [0, 0.1) is 12.8 Å². The van der Waals surface area contributed by atoms with Gasteiger partial charge in [0.2, 0.25) is 0 Å². The third-order valence-corrected chi connectivity index (χ3v) is 3.52. The summed E-state index contributed by atoms with van der Waals surface area (Å²) >= 11 is 0. The topological polar surface area (TPSA) is 59.5 Å². The first-order valence-corrected chi connectivity index (χ1v) is 6.19. The largest absolute Gasteiger partial charge is 0.456 e. The van der Waals surface area contributed by atoms with Crippen molar-refractivity contribution in [3.8, 4) is 0 Å². The number of amides is 1. The van der Waals surface area contributed by atoms with Crippen molar-refractivity contribution in [2.24, 2.45) is 11.7 Å². The van der Waals surface area contributed by atoms with E-state index >= 15 is 0 Å². The smallest absolute Gasteiger partial charge is 0.289 e. The molecular weight excluding hydrogens is 252 g/mol. The predicted octanol–water partition coefficient (Wildman–Crippen LogP) is 2.21. The van der Waals surface area contributed by atoms with Crippen molar-refractivity contribution in [1.82, 2.24) is 4.90 Å². The Morgan fingerprint density at radius 1 is 1.44 bits per heavy atom. The second-order valence-corrected chi connectivity index (χ2v) is 4.90. The van der Waals surface area contributed by atoms with Gasteiger partial charge in [-0.1, -0.05) is 0 Å². The van der Waals surface area contributed by atoms with Crippen LogP contribution in [0.5, 0.6) is 0 Å². The van der Waals surface area contributed by atoms with Gasteiger partial charge in [0, 0.05) is 19.1 Å². The Hall–Kier alpha value is -1.00. The van der Waals surface area contributed by atoms with E-state index in [2.05, 4.69) is 0 Å². The normalized spacial score (nSPS) is 18.3. The van der Waals surface area contributed by atoms with Crippen LogP contribution in [-0.4, -0.2) is 29.9 Å². The van der Waals surface area contributed by atoms with Gasteiger partial charge in [-0.05, 0) is 44.7 Å². The third kappa shape index (κ3) is 3.27. The number of hydrogen-bond acceptors (Lipinski definition) is 3. The number of nitrogens with zero attached hydrogens (tertiary/aromatic N) is 1. The number of piperidine rings is 1. The summed E-state index contributed by atoms with van der Waals surface area (Å²) in [5, 5.41) is 0. The van der Waals surface area contributed by atoms with Crippen LogP contribution in [0.1, 0.15) is 36.1 Å². The Bertz CT molecular complexity index is 395. The molecule has 1 amide bonds. The summed E-state index contributed by atoms with van der Waals surface area (Å²) in [7, 11) is 0. The van der Waals surface area contributed by atoms with Crippen LogP contribution in [0.2, 0.25) is 0 Å². The van der Waals surface area contributed by atoms with E-state index in [1.165, 1.54) is 0 Å². The average Bonchev–Trinajstić information content (AvgIpc) is 2.75. The zero-order valence-electron chi connectivity index (χ0n) is 10.9. The molecule has 18 heavy (non-hydrogen) atoms. The average molecular weight is 273 g/mol. The molecule has 0 aromatic carbocycles. The van der Waals surface area contributed by atoms with Crippen molar-refractivity contribution in [3.05, 3.63) is 23.7 Å². The van der Waals surface area contributed by atoms with E-state index in [0.29, 0.717) is 11.7 Å². The Kier molecular flexibility index (Phi) is 5.23. The lowest BCUT2D eigenvalue weighted by Crippen LogP contribution is -2.42. The first kappa shape index (κ1) is 15.1. The standard InChI is InChI=1S/C13H20N2O2.ClH/c1-9-3-4-12(17-9)13(16)15-7-5-11(6-8-15)10(2)14;/h3-4,10-11H,5-8,14H2,1-2H3;1H. The fraction of sp³-hybridized carbons (Fsp3) is 0.615. The SMILES string of the molecule is Cc1ccc(C(=O)N2CCC(C(C)N)CC2)o1.Cl. The maximum absolute atomic E-state index is 12.1. The van der Waals surface area contributed by atoms with Crippen molar-refractivity contribution >= 4 is 18.3 Å². The minimum atomic E-state index is 0. The molecule has 1 unspecified atom stereocenters. The van der Waals surface area contributed by atoms with E-state index in [4.69, 9.17) is 10.2 Å². The van der Waals surface area contributed by atoms with Gasteiger partial charge < -0.3 is 15.1 Å². The predicted molar refractivity (Wildman–Crippen MR) is 73.0 cm³/mol. The molecule has 0 spiro atoms. The molecule has 1 aromatic rings. The van der Waals surface area contributed by atoms with E-state index in [1.807, 2.05) is 24.8 Å². The molecule has 1 fully saturated rings. The zero-order valence-corrected chi connectivity index (χ0v) is 11.7. The molecular formula is C13H21ClN2O2. The molecule has 1 atom stereocenters. The highest BCUT2D eigenvalue weighted by Gasteiger charge is 2.26. The number of furan rings is 1. The lowest BCUT2D eigenvalue weighted by Gasteiger charge is -2.33. The summed E-state index contributed by atoms with van der Waals surface area (Å²) in [4.78, 5) is 13.9. The Morgan fingerprint density at radius 2 is 2.06 bits per heavy atom. The quantitative estimate of drug-likeness (QED) is 0.898. The maximum Gasteiger partial charge on any atom is 0.289 e. The Balaban J connectivity index is 0.00000162. The molecule has 1 aliphatic rings. The highest BCUT2D eigenvalue weighted by molar-refractivity contribution is 5.91. The van der Waals surface area contributed by atoms with Gasteiger partial charge in [-0.15, -0.1) is 12.4 Å². The van der Waals surface area contributed by atoms with Gasteiger partial charge in [-0.2, -0.15) is 0 Å². The van der Waals surface area contributed by atoms with Gasteiger partial charge in [0.1, 0.15) is 5.76 Å². The number of nitrogens with two attached hydrogens (primary N) is 1. The third-order valence-electron chi connectivity index (χ3n) is 3.52. The Morgan fingerprint density at radius 3 is 2.50 bits per heavy atom. The first-order chi connectivity index (χ1) is 8.08. The van der Waals surface area contributed by atoms with Gasteiger partial charge in [0.25, 0.3) is 5.91 Å². The summed E-state index contributed by atoms with van der Waals surface area (Å²) in [6.07, 6.45) is 1.98. The molecule has 0 saturated carbocycles. The van der Waals surface area contributed by atoms with Crippen LogP contribution < -0.4 is 5.73 Å². The van der Waals surface area contributed by atoms with Crippen LogP contribution in [0.15, 0.2) is 16.5 Å². The van der Waals surface area contributed by atoms with E-state index in [-0.39, 0.29) is 24.4 Å². The molecule has 5 heteroatoms. The number of carbonyl (C=O) groups excluding carboxylic acids is 1. The highest BCUT2D eigenvalue weighted by Crippen LogP contribution is 2.21. The van der Waals surface area contributed by atoms with Crippen molar-refractivity contribution < 1.29 is 9.21 Å². The van der Waals surface area contributed by atoms with Gasteiger partial charge in [-0.3, -0.25) is 4.79 Å². The molecule has 2 N–H and O–H groups in total. The molecule has 0 bridgehead atoms. The van der Waals surface area contributed by atoms with Crippen molar-refractivity contribution in [1.29, 1.82) is 0 Å². The molecule has 102 valence electrons. The van der Waals surface area contributed by atoms with Crippen molar-refractivity contribution in [2.45, 2.75) is 32.7 Å². The maximum atomic E-state index is 12.1. The molecule has 1 saturated heterocycles. The van der Waals surface area contributed by atoms with E-state index in [0.717, 1.165) is 31.7 Å². The van der Waals surface area contributed by atoms with Crippen LogP contribution in [0.25, 0.3) is 0 Å². The van der Waals surface area contributed by atoms with Gasteiger partial charge in [-0.25, -0.2) is 0 Å². The highest BCUT2D eigenvalue weighted by atomic mass is 35.5. The molecule has 4 nitrogen and oxygen atoms in total. The molecule has 2 rings (SSSR count). The van der Waals surface area contributed by atoms with Crippen LogP contribution in [0.4, 0.5) is 0 Å². The van der Waals surface area contributed by atoms with Crippen molar-refractivity contribution in [2.75, 3.05) is 13.1 Å². The summed E-state index contributed by atoms with van der Waals surface area (Å²) in [6, 6.07) is 3.79. The minimum Gasteiger partial charge on any atom is -0.456 e. The number of rotatable bonds is 2. The zero-order chi connectivity index (χ0) is 12.4. The first-order valence-electron chi connectivity index (χ1n) is 6.19. The van der Waals surface area contributed by atoms with Gasteiger partial charge >= 0.3 is 0 Å². The van der Waals surface area contributed by atoms with Crippen LogP contribution in [-0.2, 0) is 0 Å². The molecule has 2 heterocycles. The minimum absolute atomic E-state index is 0. The Labute approximate surface area is 114 Å². The van der Waals surface area contributed by atoms with Crippen LogP contribution in [0.3, 0.4) is 0 Å². The molecule has 0 radical (unpaired) electrons. The van der Waals surface area contributed by atoms with Gasteiger partial charge in [0.05, 0.1) is 0 Å². The second-order valence-electron chi connectivity index (χ2n) is 4.90. The fourth-order valence-electron chi connectivity index (χ4n) is 2.33. The summed E-state index contributed by atoms with van der Waals surface area (Å²) in [5.41, 5.74) is 5.88. The lowest BCUT2D eigenvalue weighted by molar-refractivity contribution is 0.0648. The number of halogens is 1. The number of aryl methyl sites for hydroxylation is 1. The lowest BCUT2D eigenvalue weighted by atomic mass is 9.91. The summed E-state index contributed by atoms with van der Waals surface area (Å²) < 4.78 is 5.36. The summed E-state index contributed by atoms with van der Waals surface area (Å²) in [5.74, 6) is 1.76. The molecule has 0 aliphatic carbocycles. The van der Waals surface area contributed by atoms with Crippen molar-refractivity contribution in [3.63, 3.8) is 0 Å².